The number of aryl methyl sites for hydroxylation is 2. The summed E-state index contributed by atoms with van der Waals surface area (Å²) < 4.78 is 8.63. The molecule has 0 saturated carbocycles. The Bertz CT molecular complexity index is 789. The number of carbonyl (C=O) groups excluding carboxylic acids is 1. The number of para-hydroxylation sites is 2. The van der Waals surface area contributed by atoms with E-state index in [1.165, 1.54) is 0 Å². The number of hydrogen-bond donors (Lipinski definition) is 1. The van der Waals surface area contributed by atoms with Gasteiger partial charge in [-0.2, -0.15) is 0 Å². The Morgan fingerprint density at radius 2 is 1.92 bits per heavy atom. The van der Waals surface area contributed by atoms with Crippen LogP contribution in [-0.4, -0.2) is 58.8 Å². The summed E-state index contributed by atoms with van der Waals surface area (Å²) in [7, 11) is 1.76. The summed E-state index contributed by atoms with van der Waals surface area (Å²) in [6.45, 7) is 6.43. The van der Waals surface area contributed by atoms with Crippen LogP contribution in [0.1, 0.15) is 13.3 Å². The summed E-state index contributed by atoms with van der Waals surface area (Å²) >= 11 is 0. The maximum Gasteiger partial charge on any atom is 0.328 e. The molecule has 7 heteroatoms. The molecule has 0 bridgehead atoms. The van der Waals surface area contributed by atoms with E-state index < -0.39 is 0 Å². The zero-order valence-corrected chi connectivity index (χ0v) is 14.9. The molecule has 0 aliphatic carbocycles. The summed E-state index contributed by atoms with van der Waals surface area (Å²) in [5.41, 5.74) is 1.66. The van der Waals surface area contributed by atoms with Gasteiger partial charge in [0.1, 0.15) is 0 Å². The molecule has 2 heterocycles. The molecule has 1 amide bonds. The number of hydrogen-bond acceptors (Lipinski definition) is 4. The standard InChI is InChI=1S/C18H26N4O3/c1-14(21-9-11-25-12-10-21)13-19-17(23)7-8-22-16-6-4-3-5-15(16)20(2)18(22)24/h3-6,14H,7-13H2,1-2H3,(H,19,23)/t14-/m1/s1. The fourth-order valence-electron chi connectivity index (χ4n) is 3.29. The van der Waals surface area contributed by atoms with E-state index in [9.17, 15) is 9.59 Å². The molecule has 1 aliphatic rings. The van der Waals surface area contributed by atoms with E-state index in [2.05, 4.69) is 17.1 Å². The first-order valence-corrected chi connectivity index (χ1v) is 8.80. The molecule has 1 fully saturated rings. The van der Waals surface area contributed by atoms with Crippen LogP contribution in [0.25, 0.3) is 11.0 Å². The second-order valence-corrected chi connectivity index (χ2v) is 6.53. The van der Waals surface area contributed by atoms with E-state index in [0.29, 0.717) is 19.5 Å². The lowest BCUT2D eigenvalue weighted by Gasteiger charge is -2.32. The van der Waals surface area contributed by atoms with Crippen LogP contribution >= 0.6 is 0 Å². The molecule has 2 aromatic rings. The van der Waals surface area contributed by atoms with E-state index in [0.717, 1.165) is 37.3 Å². The molecule has 1 aromatic heterocycles. The average molecular weight is 346 g/mol. The number of rotatable bonds is 6. The van der Waals surface area contributed by atoms with Crippen LogP contribution < -0.4 is 11.0 Å². The van der Waals surface area contributed by atoms with Gasteiger partial charge in [0.2, 0.25) is 5.91 Å². The van der Waals surface area contributed by atoms with E-state index in [4.69, 9.17) is 4.74 Å². The lowest BCUT2D eigenvalue weighted by Crippen LogP contribution is -2.47. The van der Waals surface area contributed by atoms with E-state index >= 15 is 0 Å². The van der Waals surface area contributed by atoms with E-state index in [1.54, 1.807) is 16.2 Å². The van der Waals surface area contributed by atoms with Crippen molar-refractivity contribution in [3.8, 4) is 0 Å². The molecule has 0 unspecified atom stereocenters. The van der Waals surface area contributed by atoms with Crippen molar-refractivity contribution in [1.29, 1.82) is 0 Å². The minimum absolute atomic E-state index is 0.0278. The number of amides is 1. The first kappa shape index (κ1) is 17.7. The molecule has 3 rings (SSSR count). The Kier molecular flexibility index (Phi) is 5.55. The summed E-state index contributed by atoms with van der Waals surface area (Å²) in [4.78, 5) is 26.8. The van der Waals surface area contributed by atoms with Gasteiger partial charge in [-0.25, -0.2) is 4.79 Å². The topological polar surface area (TPSA) is 68.5 Å². The number of nitrogens with zero attached hydrogens (tertiary/aromatic N) is 3. The molecule has 0 spiro atoms. The maximum atomic E-state index is 12.3. The second kappa shape index (κ2) is 7.84. The highest BCUT2D eigenvalue weighted by molar-refractivity contribution is 5.77. The van der Waals surface area contributed by atoms with Crippen LogP contribution in [0.5, 0.6) is 0 Å². The number of carbonyl (C=O) groups is 1. The van der Waals surface area contributed by atoms with Gasteiger partial charge in [-0.3, -0.25) is 18.8 Å². The molecule has 136 valence electrons. The minimum Gasteiger partial charge on any atom is -0.379 e. The maximum absolute atomic E-state index is 12.3. The highest BCUT2D eigenvalue weighted by Crippen LogP contribution is 2.11. The lowest BCUT2D eigenvalue weighted by molar-refractivity contribution is -0.121. The Hall–Kier alpha value is -2.12. The van der Waals surface area contributed by atoms with Crippen molar-refractivity contribution in [2.75, 3.05) is 32.8 Å². The van der Waals surface area contributed by atoms with E-state index in [1.807, 2.05) is 24.3 Å². The third kappa shape index (κ3) is 3.93. The van der Waals surface area contributed by atoms with Crippen molar-refractivity contribution in [2.24, 2.45) is 7.05 Å². The van der Waals surface area contributed by atoms with Crippen LogP contribution in [0.3, 0.4) is 0 Å². The van der Waals surface area contributed by atoms with Crippen molar-refractivity contribution in [3.63, 3.8) is 0 Å². The molecular weight excluding hydrogens is 320 g/mol. The summed E-state index contributed by atoms with van der Waals surface area (Å²) in [5, 5.41) is 2.98. The van der Waals surface area contributed by atoms with Crippen LogP contribution in [0.2, 0.25) is 0 Å². The fourth-order valence-corrected chi connectivity index (χ4v) is 3.29. The third-order valence-corrected chi connectivity index (χ3v) is 4.88. The Morgan fingerprint density at radius 1 is 1.24 bits per heavy atom. The highest BCUT2D eigenvalue weighted by atomic mass is 16.5. The quantitative estimate of drug-likeness (QED) is 0.830. The molecular formula is C18H26N4O3. The number of imidazole rings is 1. The fraction of sp³-hybridized carbons (Fsp3) is 0.556. The second-order valence-electron chi connectivity index (χ2n) is 6.53. The highest BCUT2D eigenvalue weighted by Gasteiger charge is 2.17. The normalized spacial score (nSPS) is 16.9. The van der Waals surface area contributed by atoms with Crippen LogP contribution in [0.15, 0.2) is 29.1 Å². The van der Waals surface area contributed by atoms with Crippen LogP contribution in [0.4, 0.5) is 0 Å². The number of fused-ring (bicyclic) bond motifs is 1. The van der Waals surface area contributed by atoms with Crippen molar-refractivity contribution < 1.29 is 9.53 Å². The SMILES string of the molecule is C[C@H](CNC(=O)CCn1c(=O)n(C)c2ccccc21)N1CCOCC1. The lowest BCUT2D eigenvalue weighted by atomic mass is 10.2. The molecule has 0 radical (unpaired) electrons. The first-order chi connectivity index (χ1) is 12.1. The zero-order valence-electron chi connectivity index (χ0n) is 14.9. The molecule has 1 aliphatic heterocycles. The number of ether oxygens (including phenoxy) is 1. The predicted molar refractivity (Wildman–Crippen MR) is 96.7 cm³/mol. The monoisotopic (exact) mass is 346 g/mol. The third-order valence-electron chi connectivity index (χ3n) is 4.88. The van der Waals surface area contributed by atoms with Crippen molar-refractivity contribution in [3.05, 3.63) is 34.7 Å². The van der Waals surface area contributed by atoms with Gasteiger partial charge < -0.3 is 10.1 Å². The summed E-state index contributed by atoms with van der Waals surface area (Å²) in [5.74, 6) is -0.0278. The molecule has 25 heavy (non-hydrogen) atoms. The Balaban J connectivity index is 1.54. The van der Waals surface area contributed by atoms with Crippen molar-refractivity contribution in [2.45, 2.75) is 25.9 Å². The Morgan fingerprint density at radius 3 is 2.64 bits per heavy atom. The predicted octanol–water partition coefficient (Wildman–Crippen LogP) is 0.567. The molecule has 1 saturated heterocycles. The number of aromatic nitrogens is 2. The molecule has 1 N–H and O–H groups in total. The van der Waals surface area contributed by atoms with Gasteiger partial charge in [0.15, 0.2) is 0 Å². The van der Waals surface area contributed by atoms with Gasteiger partial charge in [0.05, 0.1) is 24.2 Å². The van der Waals surface area contributed by atoms with Gasteiger partial charge >= 0.3 is 5.69 Å². The van der Waals surface area contributed by atoms with Gasteiger partial charge in [0, 0.05) is 45.7 Å². The number of benzene rings is 1. The minimum atomic E-state index is -0.0873. The Labute approximate surface area is 147 Å². The first-order valence-electron chi connectivity index (χ1n) is 8.80. The largest absolute Gasteiger partial charge is 0.379 e. The molecule has 7 nitrogen and oxygen atoms in total. The number of morpholine rings is 1. The van der Waals surface area contributed by atoms with Gasteiger partial charge in [0.25, 0.3) is 0 Å². The van der Waals surface area contributed by atoms with Gasteiger partial charge in [-0.1, -0.05) is 12.1 Å². The van der Waals surface area contributed by atoms with Crippen molar-refractivity contribution in [1.82, 2.24) is 19.4 Å². The average Bonchev–Trinajstić information content (AvgIpc) is 2.89. The van der Waals surface area contributed by atoms with E-state index in [-0.39, 0.29) is 17.6 Å². The molecule has 1 atom stereocenters. The van der Waals surface area contributed by atoms with Gasteiger partial charge in [-0.05, 0) is 19.1 Å². The molecule has 1 aromatic carbocycles. The van der Waals surface area contributed by atoms with Crippen molar-refractivity contribution >= 4 is 16.9 Å². The smallest absolute Gasteiger partial charge is 0.328 e. The summed E-state index contributed by atoms with van der Waals surface area (Å²) in [6.07, 6.45) is 0.295. The van der Waals surface area contributed by atoms with Crippen LogP contribution in [-0.2, 0) is 23.1 Å². The van der Waals surface area contributed by atoms with Gasteiger partial charge in [-0.15, -0.1) is 0 Å². The van der Waals surface area contributed by atoms with Crippen LogP contribution in [0, 0.1) is 0 Å². The number of nitrogens with one attached hydrogen (secondary N) is 1. The zero-order chi connectivity index (χ0) is 17.8. The summed E-state index contributed by atoms with van der Waals surface area (Å²) in [6, 6.07) is 7.92.